The Hall–Kier alpha value is -2.40. The lowest BCUT2D eigenvalue weighted by Gasteiger charge is -2.36. The normalized spacial score (nSPS) is 26.4. The molecule has 2 aliphatic heterocycles. The fourth-order valence-electron chi connectivity index (χ4n) is 4.94. The van der Waals surface area contributed by atoms with E-state index < -0.39 is 0 Å². The van der Waals surface area contributed by atoms with Crippen LogP contribution in [-0.2, 0) is 6.42 Å². The lowest BCUT2D eigenvalue weighted by Crippen LogP contribution is -2.44. The minimum absolute atomic E-state index is 0.0451. The van der Waals surface area contributed by atoms with Gasteiger partial charge in [-0.2, -0.15) is 0 Å². The first kappa shape index (κ1) is 18.0. The minimum atomic E-state index is -0.239. The number of anilines is 1. The van der Waals surface area contributed by atoms with Crippen LogP contribution in [0.15, 0.2) is 48.7 Å². The van der Waals surface area contributed by atoms with Gasteiger partial charge in [0.1, 0.15) is 5.82 Å². The molecule has 2 aliphatic rings. The van der Waals surface area contributed by atoms with Crippen LogP contribution in [0.4, 0.5) is 5.82 Å². The molecule has 3 heterocycles. The summed E-state index contributed by atoms with van der Waals surface area (Å²) in [7, 11) is 3.87. The molecular formula is C22H27N3O2. The third-order valence-electron chi connectivity index (χ3n) is 6.25. The second kappa shape index (κ2) is 6.97. The van der Waals surface area contributed by atoms with Crippen LogP contribution in [-0.4, -0.2) is 53.7 Å². The first-order chi connectivity index (χ1) is 13.0. The Labute approximate surface area is 160 Å². The van der Waals surface area contributed by atoms with E-state index in [1.165, 1.54) is 5.56 Å². The molecule has 0 spiro atoms. The molecule has 1 aromatic carbocycles. The Kier molecular flexibility index (Phi) is 4.64. The molecule has 0 saturated carbocycles. The van der Waals surface area contributed by atoms with E-state index >= 15 is 0 Å². The van der Waals surface area contributed by atoms with Crippen LogP contribution in [0.1, 0.15) is 35.2 Å². The van der Waals surface area contributed by atoms with Crippen molar-refractivity contribution in [2.45, 2.75) is 37.8 Å². The summed E-state index contributed by atoms with van der Waals surface area (Å²) in [5, 5.41) is 10.3. The predicted octanol–water partition coefficient (Wildman–Crippen LogP) is 2.75. The van der Waals surface area contributed by atoms with Crippen molar-refractivity contribution in [3.63, 3.8) is 0 Å². The van der Waals surface area contributed by atoms with Crippen molar-refractivity contribution in [1.29, 1.82) is 0 Å². The number of fused-ring (bicyclic) bond motifs is 2. The lowest BCUT2D eigenvalue weighted by atomic mass is 9.70. The van der Waals surface area contributed by atoms with Gasteiger partial charge in [-0.1, -0.05) is 30.3 Å². The number of hydrogen-bond acceptors (Lipinski definition) is 4. The number of carbonyl (C=O) groups is 1. The lowest BCUT2D eigenvalue weighted by molar-refractivity contribution is 0.0571. The van der Waals surface area contributed by atoms with E-state index in [4.69, 9.17) is 0 Å². The first-order valence-electron chi connectivity index (χ1n) is 9.65. The maximum atomic E-state index is 13.2. The highest BCUT2D eigenvalue weighted by Crippen LogP contribution is 2.51. The third-order valence-corrected chi connectivity index (χ3v) is 6.25. The van der Waals surface area contributed by atoms with Crippen molar-refractivity contribution in [2.75, 3.05) is 25.6 Å². The summed E-state index contributed by atoms with van der Waals surface area (Å²) in [5.41, 5.74) is 1.62. The van der Waals surface area contributed by atoms with E-state index in [1.807, 2.05) is 54.2 Å². The van der Waals surface area contributed by atoms with Crippen molar-refractivity contribution in [3.05, 3.63) is 59.8 Å². The standard InChI is InChI=1S/C22H27N3O2/c1-24(2)20-11-8-17(14-23-20)21(27)25-18-9-10-19(25)22(13-18,15-26)12-16-6-4-3-5-7-16/h3-8,11,14,18-19,26H,9-10,12-13,15H2,1-2H3/t18-,19+,22-/m0/s1. The summed E-state index contributed by atoms with van der Waals surface area (Å²) >= 11 is 0. The first-order valence-corrected chi connectivity index (χ1v) is 9.65. The Morgan fingerprint density at radius 1 is 1.22 bits per heavy atom. The van der Waals surface area contributed by atoms with Crippen molar-refractivity contribution in [3.8, 4) is 0 Å². The van der Waals surface area contributed by atoms with Crippen molar-refractivity contribution >= 4 is 11.7 Å². The zero-order chi connectivity index (χ0) is 19.0. The van der Waals surface area contributed by atoms with E-state index in [2.05, 4.69) is 17.1 Å². The van der Waals surface area contributed by atoms with Gasteiger partial charge >= 0.3 is 0 Å². The summed E-state index contributed by atoms with van der Waals surface area (Å²) in [5.74, 6) is 0.883. The number of nitrogens with zero attached hydrogens (tertiary/aromatic N) is 3. The monoisotopic (exact) mass is 365 g/mol. The molecule has 2 aromatic rings. The minimum Gasteiger partial charge on any atom is -0.396 e. The zero-order valence-electron chi connectivity index (χ0n) is 16.0. The number of amides is 1. The number of aromatic nitrogens is 1. The molecule has 0 aliphatic carbocycles. The molecule has 2 bridgehead atoms. The summed E-state index contributed by atoms with van der Waals surface area (Å²) in [6.45, 7) is 0.116. The molecule has 1 amide bonds. The molecule has 5 nitrogen and oxygen atoms in total. The third kappa shape index (κ3) is 3.10. The Morgan fingerprint density at radius 3 is 2.63 bits per heavy atom. The predicted molar refractivity (Wildman–Crippen MR) is 106 cm³/mol. The molecule has 2 saturated heterocycles. The maximum Gasteiger partial charge on any atom is 0.255 e. The molecule has 27 heavy (non-hydrogen) atoms. The van der Waals surface area contributed by atoms with E-state index in [0.717, 1.165) is 31.5 Å². The number of aliphatic hydroxyl groups excluding tert-OH is 1. The van der Waals surface area contributed by atoms with Crippen molar-refractivity contribution in [1.82, 2.24) is 9.88 Å². The molecule has 0 unspecified atom stereocenters. The number of benzene rings is 1. The fourth-order valence-corrected chi connectivity index (χ4v) is 4.94. The van der Waals surface area contributed by atoms with Crippen LogP contribution >= 0.6 is 0 Å². The highest BCUT2D eigenvalue weighted by Gasteiger charge is 2.57. The van der Waals surface area contributed by atoms with Crippen LogP contribution in [0.2, 0.25) is 0 Å². The number of rotatable bonds is 5. The van der Waals surface area contributed by atoms with Gasteiger partial charge < -0.3 is 14.9 Å². The summed E-state index contributed by atoms with van der Waals surface area (Å²) < 4.78 is 0. The average Bonchev–Trinajstić information content (AvgIpc) is 3.24. The van der Waals surface area contributed by atoms with Crippen LogP contribution in [0.5, 0.6) is 0 Å². The van der Waals surface area contributed by atoms with Gasteiger partial charge in [0.15, 0.2) is 0 Å². The van der Waals surface area contributed by atoms with Gasteiger partial charge in [0, 0.05) is 37.8 Å². The van der Waals surface area contributed by atoms with Gasteiger partial charge in [-0.25, -0.2) is 4.98 Å². The molecule has 2 fully saturated rings. The topological polar surface area (TPSA) is 56.7 Å². The Balaban J connectivity index is 1.58. The van der Waals surface area contributed by atoms with E-state index in [-0.39, 0.29) is 30.0 Å². The highest BCUT2D eigenvalue weighted by molar-refractivity contribution is 5.95. The van der Waals surface area contributed by atoms with E-state index in [9.17, 15) is 9.90 Å². The molecule has 142 valence electrons. The molecule has 3 atom stereocenters. The van der Waals surface area contributed by atoms with Crippen LogP contribution in [0.25, 0.3) is 0 Å². The SMILES string of the molecule is CN(C)c1ccc(C(=O)N2[C@H]3CC[C@@H]2[C@@](CO)(Cc2ccccc2)C3)cn1. The smallest absolute Gasteiger partial charge is 0.255 e. The Bertz CT molecular complexity index is 806. The van der Waals surface area contributed by atoms with E-state index in [0.29, 0.717) is 5.56 Å². The van der Waals surface area contributed by atoms with Gasteiger partial charge in [-0.3, -0.25) is 4.79 Å². The molecule has 5 heteroatoms. The molecule has 1 N–H and O–H groups in total. The zero-order valence-corrected chi connectivity index (χ0v) is 16.0. The fraction of sp³-hybridized carbons (Fsp3) is 0.455. The molecule has 0 radical (unpaired) electrons. The number of carbonyl (C=O) groups excluding carboxylic acids is 1. The van der Waals surface area contributed by atoms with Gasteiger partial charge in [0.25, 0.3) is 5.91 Å². The average molecular weight is 365 g/mol. The van der Waals surface area contributed by atoms with Crippen LogP contribution < -0.4 is 4.90 Å². The van der Waals surface area contributed by atoms with Gasteiger partial charge in [0.2, 0.25) is 0 Å². The highest BCUT2D eigenvalue weighted by atomic mass is 16.3. The number of hydrogen-bond donors (Lipinski definition) is 1. The van der Waals surface area contributed by atoms with E-state index in [1.54, 1.807) is 6.20 Å². The molecule has 4 rings (SSSR count). The quantitative estimate of drug-likeness (QED) is 0.885. The second-order valence-electron chi connectivity index (χ2n) is 8.15. The summed E-state index contributed by atoms with van der Waals surface area (Å²) in [6, 6.07) is 14.4. The number of pyridine rings is 1. The second-order valence-corrected chi connectivity index (χ2v) is 8.15. The summed E-state index contributed by atoms with van der Waals surface area (Å²) in [4.78, 5) is 21.6. The largest absolute Gasteiger partial charge is 0.396 e. The van der Waals surface area contributed by atoms with Gasteiger partial charge in [-0.05, 0) is 43.4 Å². The molecular weight excluding hydrogens is 338 g/mol. The Morgan fingerprint density at radius 2 is 2.00 bits per heavy atom. The van der Waals surface area contributed by atoms with Crippen LogP contribution in [0.3, 0.4) is 0 Å². The number of aliphatic hydroxyl groups is 1. The maximum absolute atomic E-state index is 13.2. The van der Waals surface area contributed by atoms with Crippen LogP contribution in [0, 0.1) is 5.41 Å². The van der Waals surface area contributed by atoms with Crippen molar-refractivity contribution < 1.29 is 9.90 Å². The van der Waals surface area contributed by atoms with Gasteiger partial charge in [-0.15, -0.1) is 0 Å². The van der Waals surface area contributed by atoms with Gasteiger partial charge in [0.05, 0.1) is 12.2 Å². The summed E-state index contributed by atoms with van der Waals surface area (Å²) in [6.07, 6.45) is 5.35. The molecule has 1 aromatic heterocycles. The van der Waals surface area contributed by atoms with Crippen molar-refractivity contribution in [2.24, 2.45) is 5.41 Å².